The summed E-state index contributed by atoms with van der Waals surface area (Å²) in [7, 11) is 0. The average Bonchev–Trinajstić information content (AvgIpc) is 3.26. The number of hydrogen-bond donors (Lipinski definition) is 3. The van der Waals surface area contributed by atoms with E-state index >= 15 is 0 Å². The summed E-state index contributed by atoms with van der Waals surface area (Å²) in [6.45, 7) is 10.7. The van der Waals surface area contributed by atoms with Crippen molar-refractivity contribution in [1.82, 2.24) is 19.8 Å². The van der Waals surface area contributed by atoms with Gasteiger partial charge in [-0.25, -0.2) is 14.6 Å². The summed E-state index contributed by atoms with van der Waals surface area (Å²) in [6, 6.07) is 19.1. The van der Waals surface area contributed by atoms with E-state index in [0.29, 0.717) is 0 Å². The third-order valence-corrected chi connectivity index (χ3v) is 6.01. The van der Waals surface area contributed by atoms with Gasteiger partial charge in [0, 0.05) is 50.5 Å². The first-order chi connectivity index (χ1) is 19.1. The third-order valence-electron chi connectivity index (χ3n) is 6.01. The van der Waals surface area contributed by atoms with E-state index in [1.807, 2.05) is 6.07 Å². The molecule has 4 rings (SSSR count). The maximum Gasteiger partial charge on any atom is 0.490 e. The van der Waals surface area contributed by atoms with Crippen LogP contribution in [0.2, 0.25) is 0 Å². The molecule has 1 saturated heterocycles. The number of nitrogens with zero attached hydrogens (tertiary/aromatic N) is 3. The molecule has 0 atom stereocenters. The van der Waals surface area contributed by atoms with Crippen LogP contribution in [0.25, 0.3) is 11.4 Å². The van der Waals surface area contributed by atoms with Crippen molar-refractivity contribution in [2.24, 2.45) is 0 Å². The molecule has 14 heteroatoms. The fourth-order valence-corrected chi connectivity index (χ4v) is 3.73. The average molecular weight is 589 g/mol. The Balaban J connectivity index is 0.000000349. The number of aliphatic carboxylic acids is 2. The zero-order valence-corrected chi connectivity index (χ0v) is 22.3. The van der Waals surface area contributed by atoms with Crippen molar-refractivity contribution in [1.29, 1.82) is 0 Å². The first-order valence-electron chi connectivity index (χ1n) is 12.3. The normalized spacial score (nSPS) is 14.3. The summed E-state index contributed by atoms with van der Waals surface area (Å²) in [4.78, 5) is 31.2. The highest BCUT2D eigenvalue weighted by Crippen LogP contribution is 2.20. The van der Waals surface area contributed by atoms with Gasteiger partial charge in [-0.3, -0.25) is 9.80 Å². The Hall–Kier alpha value is -3.91. The molecule has 0 unspecified atom stereocenters. The second kappa shape index (κ2) is 14.6. The lowest BCUT2D eigenvalue weighted by molar-refractivity contribution is -0.193. The van der Waals surface area contributed by atoms with Crippen LogP contribution in [0.15, 0.2) is 54.6 Å². The number of carboxylic acid groups (broad SMARTS) is 2. The predicted molar refractivity (Wildman–Crippen MR) is 138 cm³/mol. The molecule has 3 aromatic rings. The van der Waals surface area contributed by atoms with E-state index in [9.17, 15) is 26.3 Å². The summed E-state index contributed by atoms with van der Waals surface area (Å²) < 4.78 is 63.5. The van der Waals surface area contributed by atoms with Gasteiger partial charge in [-0.05, 0) is 25.0 Å². The Kier molecular flexibility index (Phi) is 11.9. The number of piperazine rings is 1. The van der Waals surface area contributed by atoms with E-state index in [-0.39, 0.29) is 0 Å². The van der Waals surface area contributed by atoms with Crippen LogP contribution in [0, 0.1) is 13.8 Å². The minimum Gasteiger partial charge on any atom is -0.475 e. The molecule has 0 radical (unpaired) electrons. The van der Waals surface area contributed by atoms with Crippen LogP contribution in [0.3, 0.4) is 0 Å². The quantitative estimate of drug-likeness (QED) is 0.348. The molecule has 0 spiro atoms. The van der Waals surface area contributed by atoms with Crippen LogP contribution in [0.4, 0.5) is 26.3 Å². The van der Waals surface area contributed by atoms with Crippen LogP contribution in [0.5, 0.6) is 0 Å². The van der Waals surface area contributed by atoms with Crippen molar-refractivity contribution in [3.05, 3.63) is 77.1 Å². The molecule has 0 bridgehead atoms. The monoisotopic (exact) mass is 588 g/mol. The van der Waals surface area contributed by atoms with Gasteiger partial charge < -0.3 is 15.2 Å². The highest BCUT2D eigenvalue weighted by molar-refractivity contribution is 5.73. The number of aryl methyl sites for hydroxylation is 2. The topological polar surface area (TPSA) is 110 Å². The number of nitrogens with one attached hydrogen (secondary N) is 1. The lowest BCUT2D eigenvalue weighted by atomic mass is 10.1. The maximum absolute atomic E-state index is 10.6. The molecule has 41 heavy (non-hydrogen) atoms. The van der Waals surface area contributed by atoms with Crippen molar-refractivity contribution in [3.63, 3.8) is 0 Å². The number of rotatable bonds is 5. The molecule has 1 aliphatic heterocycles. The fraction of sp³-hybridized carbons (Fsp3) is 0.370. The molecular weight excluding hydrogens is 558 g/mol. The highest BCUT2D eigenvalue weighted by atomic mass is 19.4. The van der Waals surface area contributed by atoms with Gasteiger partial charge in [-0.2, -0.15) is 26.3 Å². The number of aromatic nitrogens is 2. The molecule has 3 N–H and O–H groups in total. The largest absolute Gasteiger partial charge is 0.490 e. The number of benzene rings is 2. The summed E-state index contributed by atoms with van der Waals surface area (Å²) in [5.74, 6) is -4.54. The van der Waals surface area contributed by atoms with E-state index in [1.165, 1.54) is 22.5 Å². The Bertz CT molecular complexity index is 1250. The minimum absolute atomic E-state index is 0.924. The van der Waals surface area contributed by atoms with Crippen molar-refractivity contribution in [3.8, 4) is 11.4 Å². The van der Waals surface area contributed by atoms with Crippen LogP contribution in [0.1, 0.15) is 22.5 Å². The Labute approximate surface area is 232 Å². The molecule has 0 amide bonds. The Morgan fingerprint density at radius 2 is 1.22 bits per heavy atom. The highest BCUT2D eigenvalue weighted by Gasteiger charge is 2.38. The van der Waals surface area contributed by atoms with Crippen LogP contribution < -0.4 is 0 Å². The molecule has 2 heterocycles. The second-order valence-corrected chi connectivity index (χ2v) is 9.11. The smallest absolute Gasteiger partial charge is 0.475 e. The SMILES string of the molecule is Cc1ccccc1CN1CCN(Cc2nc(-c3ccccc3)[nH]c2C)CC1.O=C(O)C(F)(F)F.O=C(O)C(F)(F)F. The lowest BCUT2D eigenvalue weighted by Crippen LogP contribution is -2.45. The van der Waals surface area contributed by atoms with E-state index < -0.39 is 24.3 Å². The first-order valence-corrected chi connectivity index (χ1v) is 12.3. The van der Waals surface area contributed by atoms with Gasteiger partial charge in [0.05, 0.1) is 5.69 Å². The van der Waals surface area contributed by atoms with Gasteiger partial charge >= 0.3 is 24.3 Å². The van der Waals surface area contributed by atoms with E-state index in [2.05, 4.69) is 77.2 Å². The number of halogens is 6. The summed E-state index contributed by atoms with van der Waals surface area (Å²) in [6.07, 6.45) is -10.2. The van der Waals surface area contributed by atoms with Crippen molar-refractivity contribution >= 4 is 11.9 Å². The zero-order chi connectivity index (χ0) is 30.8. The van der Waals surface area contributed by atoms with E-state index in [4.69, 9.17) is 24.8 Å². The van der Waals surface area contributed by atoms with Gasteiger partial charge in [0.1, 0.15) is 5.82 Å². The second-order valence-electron chi connectivity index (χ2n) is 9.11. The van der Waals surface area contributed by atoms with Crippen molar-refractivity contribution in [2.75, 3.05) is 26.2 Å². The van der Waals surface area contributed by atoms with Gasteiger partial charge in [-0.1, -0.05) is 54.6 Å². The molecule has 1 fully saturated rings. The predicted octanol–water partition coefficient (Wildman–Crippen LogP) is 5.28. The number of alkyl halides is 6. The van der Waals surface area contributed by atoms with Crippen molar-refractivity contribution < 1.29 is 46.1 Å². The first kappa shape index (κ1) is 33.3. The number of carboxylic acids is 2. The minimum atomic E-state index is -5.08. The standard InChI is InChI=1S/C23H28N4.2C2HF3O2/c1-18-8-6-7-11-21(18)16-26-12-14-27(15-13-26)17-22-19(2)24-23(25-22)20-9-4-3-5-10-20;2*3-2(4,5)1(6)7/h3-11H,12-17H2,1-2H3,(H,24,25);2*(H,6,7). The van der Waals surface area contributed by atoms with Crippen LogP contribution in [-0.4, -0.2) is 80.5 Å². The molecule has 224 valence electrons. The van der Waals surface area contributed by atoms with E-state index in [0.717, 1.165) is 50.7 Å². The molecule has 0 saturated carbocycles. The van der Waals surface area contributed by atoms with Gasteiger partial charge in [0.15, 0.2) is 0 Å². The van der Waals surface area contributed by atoms with Crippen LogP contribution in [-0.2, 0) is 22.7 Å². The number of imidazole rings is 1. The fourth-order valence-electron chi connectivity index (χ4n) is 3.73. The van der Waals surface area contributed by atoms with E-state index in [1.54, 1.807) is 0 Å². The van der Waals surface area contributed by atoms with Gasteiger partial charge in [0.25, 0.3) is 0 Å². The summed E-state index contributed by atoms with van der Waals surface area (Å²) in [5, 5.41) is 14.2. The number of hydrogen-bond acceptors (Lipinski definition) is 5. The number of aromatic amines is 1. The van der Waals surface area contributed by atoms with Crippen molar-refractivity contribution in [2.45, 2.75) is 39.3 Å². The molecule has 1 aromatic heterocycles. The van der Waals surface area contributed by atoms with Gasteiger partial charge in [-0.15, -0.1) is 0 Å². The Morgan fingerprint density at radius 1 is 0.780 bits per heavy atom. The third kappa shape index (κ3) is 11.2. The Morgan fingerprint density at radius 3 is 1.68 bits per heavy atom. The molecule has 0 aliphatic carbocycles. The molecular formula is C27H30F6N4O4. The number of H-pyrrole nitrogens is 1. The molecule has 2 aromatic carbocycles. The molecule has 8 nitrogen and oxygen atoms in total. The summed E-state index contributed by atoms with van der Waals surface area (Å²) in [5.41, 5.74) is 6.33. The number of carbonyl (C=O) groups is 2. The summed E-state index contributed by atoms with van der Waals surface area (Å²) >= 11 is 0. The maximum atomic E-state index is 10.6. The van der Waals surface area contributed by atoms with Gasteiger partial charge in [0.2, 0.25) is 0 Å². The van der Waals surface area contributed by atoms with Crippen LogP contribution >= 0.6 is 0 Å². The zero-order valence-electron chi connectivity index (χ0n) is 22.3. The molecule has 1 aliphatic rings. The lowest BCUT2D eigenvalue weighted by Gasteiger charge is -2.34.